The molecule has 0 atom stereocenters. The van der Waals surface area contributed by atoms with Crippen molar-refractivity contribution >= 4 is 46.6 Å². The molecular formula is C26H20Cl2N2OS. The van der Waals surface area contributed by atoms with Gasteiger partial charge < -0.3 is 5.32 Å². The van der Waals surface area contributed by atoms with Crippen LogP contribution in [0.2, 0.25) is 10.0 Å². The molecule has 3 aromatic carbocycles. The van der Waals surface area contributed by atoms with E-state index in [9.17, 15) is 4.79 Å². The average molecular weight is 479 g/mol. The van der Waals surface area contributed by atoms with Crippen molar-refractivity contribution in [2.75, 3.05) is 11.6 Å². The fraction of sp³-hybridized carbons (Fsp3) is 0.0769. The Morgan fingerprint density at radius 3 is 2.47 bits per heavy atom. The van der Waals surface area contributed by atoms with Crippen LogP contribution < -0.4 is 5.32 Å². The minimum atomic E-state index is -0.198. The number of aryl methyl sites for hydroxylation is 1. The molecule has 0 aliphatic carbocycles. The van der Waals surface area contributed by atoms with Crippen LogP contribution in [-0.2, 0) is 0 Å². The highest BCUT2D eigenvalue weighted by Crippen LogP contribution is 2.33. The lowest BCUT2D eigenvalue weighted by Crippen LogP contribution is -2.13. The van der Waals surface area contributed by atoms with E-state index in [4.69, 9.17) is 23.2 Å². The molecule has 0 saturated heterocycles. The molecule has 0 saturated carbocycles. The van der Waals surface area contributed by atoms with Crippen molar-refractivity contribution in [2.45, 2.75) is 11.8 Å². The van der Waals surface area contributed by atoms with E-state index in [1.165, 1.54) is 0 Å². The number of nitrogens with one attached hydrogen (secondary N) is 1. The molecule has 160 valence electrons. The van der Waals surface area contributed by atoms with Gasteiger partial charge in [-0.3, -0.25) is 9.78 Å². The quantitative estimate of drug-likeness (QED) is 0.295. The van der Waals surface area contributed by atoms with Gasteiger partial charge in [0.1, 0.15) is 0 Å². The number of hydrogen-bond acceptors (Lipinski definition) is 3. The van der Waals surface area contributed by atoms with E-state index in [2.05, 4.69) is 10.3 Å². The summed E-state index contributed by atoms with van der Waals surface area (Å²) in [6, 6.07) is 22.6. The highest BCUT2D eigenvalue weighted by molar-refractivity contribution is 7.98. The Balaban J connectivity index is 1.72. The predicted molar refractivity (Wildman–Crippen MR) is 136 cm³/mol. The maximum Gasteiger partial charge on any atom is 0.256 e. The standard InChI is InChI=1S/C26H20Cl2N2OS/c1-16-13-17(27)6-9-20(16)22-15-19(32-2)8-10-21(22)26(31)30-18-7-11-24(28)23(14-18)25-5-3-4-12-29-25/h3-15H,1-2H3,(H,30,31). The molecule has 32 heavy (non-hydrogen) atoms. The normalized spacial score (nSPS) is 10.8. The average Bonchev–Trinajstić information content (AvgIpc) is 2.80. The number of amides is 1. The molecule has 0 spiro atoms. The van der Waals surface area contributed by atoms with Gasteiger partial charge in [-0.05, 0) is 90.5 Å². The number of anilines is 1. The number of carbonyl (C=O) groups excluding carboxylic acids is 1. The summed E-state index contributed by atoms with van der Waals surface area (Å²) < 4.78 is 0. The van der Waals surface area contributed by atoms with Gasteiger partial charge in [-0.15, -0.1) is 11.8 Å². The summed E-state index contributed by atoms with van der Waals surface area (Å²) in [5, 5.41) is 4.26. The summed E-state index contributed by atoms with van der Waals surface area (Å²) >= 11 is 14.2. The van der Waals surface area contributed by atoms with Crippen molar-refractivity contribution in [2.24, 2.45) is 0 Å². The highest BCUT2D eigenvalue weighted by atomic mass is 35.5. The molecule has 0 radical (unpaired) electrons. The first-order chi connectivity index (χ1) is 15.5. The van der Waals surface area contributed by atoms with Crippen LogP contribution in [0.5, 0.6) is 0 Å². The van der Waals surface area contributed by atoms with Gasteiger partial charge in [0.2, 0.25) is 0 Å². The number of carbonyl (C=O) groups is 1. The Kier molecular flexibility index (Phi) is 6.85. The summed E-state index contributed by atoms with van der Waals surface area (Å²) in [7, 11) is 0. The van der Waals surface area contributed by atoms with Gasteiger partial charge >= 0.3 is 0 Å². The molecule has 4 aromatic rings. The maximum atomic E-state index is 13.3. The van der Waals surface area contributed by atoms with Gasteiger partial charge in [0.25, 0.3) is 5.91 Å². The van der Waals surface area contributed by atoms with Crippen molar-refractivity contribution in [3.63, 3.8) is 0 Å². The zero-order chi connectivity index (χ0) is 22.7. The van der Waals surface area contributed by atoms with E-state index < -0.39 is 0 Å². The van der Waals surface area contributed by atoms with Crippen molar-refractivity contribution < 1.29 is 4.79 Å². The molecule has 4 rings (SSSR count). The van der Waals surface area contributed by atoms with E-state index in [-0.39, 0.29) is 5.91 Å². The number of rotatable bonds is 5. The highest BCUT2D eigenvalue weighted by Gasteiger charge is 2.16. The molecule has 0 bridgehead atoms. The molecule has 1 N–H and O–H groups in total. The number of halogens is 2. The molecule has 3 nitrogen and oxygen atoms in total. The monoisotopic (exact) mass is 478 g/mol. The first kappa shape index (κ1) is 22.4. The third-order valence-corrected chi connectivity index (χ3v) is 6.41. The lowest BCUT2D eigenvalue weighted by Gasteiger charge is -2.15. The van der Waals surface area contributed by atoms with E-state index in [1.54, 1.807) is 30.1 Å². The molecule has 0 unspecified atom stereocenters. The third kappa shape index (κ3) is 4.83. The molecule has 6 heteroatoms. The van der Waals surface area contributed by atoms with E-state index in [0.717, 1.165) is 32.8 Å². The molecule has 0 aliphatic heterocycles. The number of benzene rings is 3. The second kappa shape index (κ2) is 9.78. The molecular weight excluding hydrogens is 459 g/mol. The minimum Gasteiger partial charge on any atom is -0.322 e. The second-order valence-electron chi connectivity index (χ2n) is 7.23. The predicted octanol–water partition coefficient (Wildman–Crippen LogP) is 8.01. The van der Waals surface area contributed by atoms with Crippen molar-refractivity contribution in [3.05, 3.63) is 100 Å². The topological polar surface area (TPSA) is 42.0 Å². The molecule has 1 heterocycles. The van der Waals surface area contributed by atoms with Gasteiger partial charge in [-0.2, -0.15) is 0 Å². The Morgan fingerprint density at radius 2 is 1.75 bits per heavy atom. The zero-order valence-corrected chi connectivity index (χ0v) is 19.9. The summed E-state index contributed by atoms with van der Waals surface area (Å²) in [6.45, 7) is 1.99. The van der Waals surface area contributed by atoms with Crippen LogP contribution in [0.4, 0.5) is 5.69 Å². The number of hydrogen-bond donors (Lipinski definition) is 1. The SMILES string of the molecule is CSc1ccc(C(=O)Nc2ccc(Cl)c(-c3ccccn3)c2)c(-c2ccc(Cl)cc2C)c1. The second-order valence-corrected chi connectivity index (χ2v) is 8.96. The Morgan fingerprint density at radius 1 is 0.906 bits per heavy atom. The van der Waals surface area contributed by atoms with Crippen LogP contribution in [0.25, 0.3) is 22.4 Å². The largest absolute Gasteiger partial charge is 0.322 e. The Labute approximate surface area is 201 Å². The first-order valence-electron chi connectivity index (χ1n) is 9.93. The van der Waals surface area contributed by atoms with Gasteiger partial charge in [0.05, 0.1) is 10.7 Å². The van der Waals surface area contributed by atoms with Crippen LogP contribution in [0.15, 0.2) is 83.9 Å². The Hall–Kier alpha value is -2.79. The fourth-order valence-corrected chi connectivity index (χ4v) is 4.40. The summed E-state index contributed by atoms with van der Waals surface area (Å²) in [4.78, 5) is 18.8. The van der Waals surface area contributed by atoms with Gasteiger partial charge in [0.15, 0.2) is 0 Å². The lowest BCUT2D eigenvalue weighted by atomic mass is 9.95. The van der Waals surface area contributed by atoms with Gasteiger partial charge in [-0.25, -0.2) is 0 Å². The number of aromatic nitrogens is 1. The molecule has 1 aromatic heterocycles. The van der Waals surface area contributed by atoms with Gasteiger partial charge in [-0.1, -0.05) is 35.3 Å². The van der Waals surface area contributed by atoms with Crippen LogP contribution >= 0.6 is 35.0 Å². The Bertz CT molecular complexity index is 1290. The summed E-state index contributed by atoms with van der Waals surface area (Å²) in [5.41, 5.74) is 5.58. The van der Waals surface area contributed by atoms with Gasteiger partial charge in [0, 0.05) is 32.9 Å². The van der Waals surface area contributed by atoms with E-state index >= 15 is 0 Å². The number of pyridine rings is 1. The van der Waals surface area contributed by atoms with Crippen LogP contribution in [-0.4, -0.2) is 17.1 Å². The maximum absolute atomic E-state index is 13.3. The summed E-state index contributed by atoms with van der Waals surface area (Å²) in [6.07, 6.45) is 3.73. The van der Waals surface area contributed by atoms with Crippen LogP contribution in [0, 0.1) is 6.92 Å². The third-order valence-electron chi connectivity index (χ3n) is 5.12. The first-order valence-corrected chi connectivity index (χ1v) is 11.9. The summed E-state index contributed by atoms with van der Waals surface area (Å²) in [5.74, 6) is -0.198. The van der Waals surface area contributed by atoms with E-state index in [1.807, 2.05) is 73.8 Å². The molecule has 0 fully saturated rings. The van der Waals surface area contributed by atoms with Crippen LogP contribution in [0.1, 0.15) is 15.9 Å². The lowest BCUT2D eigenvalue weighted by molar-refractivity contribution is 0.102. The van der Waals surface area contributed by atoms with Crippen molar-refractivity contribution in [1.29, 1.82) is 0 Å². The smallest absolute Gasteiger partial charge is 0.256 e. The van der Waals surface area contributed by atoms with Crippen molar-refractivity contribution in [1.82, 2.24) is 4.98 Å². The number of thioether (sulfide) groups is 1. The number of nitrogens with zero attached hydrogens (tertiary/aromatic N) is 1. The minimum absolute atomic E-state index is 0.198. The van der Waals surface area contributed by atoms with E-state index in [0.29, 0.717) is 21.3 Å². The zero-order valence-electron chi connectivity index (χ0n) is 17.5. The van der Waals surface area contributed by atoms with Crippen molar-refractivity contribution in [3.8, 4) is 22.4 Å². The van der Waals surface area contributed by atoms with Crippen LogP contribution in [0.3, 0.4) is 0 Å². The fourth-order valence-electron chi connectivity index (χ4n) is 3.52. The molecule has 1 amide bonds. The molecule has 0 aliphatic rings.